The molecule has 0 radical (unpaired) electrons. The lowest BCUT2D eigenvalue weighted by Crippen LogP contribution is -2.32. The molecule has 0 unspecified atom stereocenters. The topological polar surface area (TPSA) is 7.12 Å². The molecule has 110 valence electrons. The summed E-state index contributed by atoms with van der Waals surface area (Å²) in [5, 5.41) is 0. The van der Waals surface area contributed by atoms with E-state index in [-0.39, 0.29) is 0 Å². The van der Waals surface area contributed by atoms with Gasteiger partial charge >= 0.3 is 0 Å². The van der Waals surface area contributed by atoms with Crippen LogP contribution in [-0.4, -0.2) is 14.1 Å². The molecule has 1 aromatic heterocycles. The maximum absolute atomic E-state index is 2.20. The number of benzene rings is 2. The summed E-state index contributed by atoms with van der Waals surface area (Å²) in [4.78, 5) is 2.18. The van der Waals surface area contributed by atoms with Crippen molar-refractivity contribution < 1.29 is 4.57 Å². The Balaban J connectivity index is 2.36. The molecule has 0 saturated heterocycles. The van der Waals surface area contributed by atoms with E-state index in [0.717, 1.165) is 0 Å². The first kappa shape index (κ1) is 14.3. The minimum absolute atomic E-state index is 1.23. The van der Waals surface area contributed by atoms with Crippen LogP contribution in [0.15, 0.2) is 72.9 Å². The number of nitrogens with zero attached hydrogens (tertiary/aromatic N) is 2. The molecule has 0 N–H and O–H groups in total. The molecular weight excluding hydrogens is 268 g/mol. The summed E-state index contributed by atoms with van der Waals surface area (Å²) < 4.78 is 2.20. The maximum atomic E-state index is 2.20. The molecule has 0 amide bonds. The predicted octanol–water partition coefficient (Wildman–Crippen LogP) is 3.91. The molecule has 2 heteroatoms. The van der Waals surface area contributed by atoms with Gasteiger partial charge in [0.1, 0.15) is 7.05 Å². The normalized spacial score (nSPS) is 10.5. The number of aromatic nitrogens is 1. The molecule has 2 nitrogen and oxygen atoms in total. The van der Waals surface area contributed by atoms with Crippen LogP contribution in [0.1, 0.15) is 0 Å². The van der Waals surface area contributed by atoms with E-state index < -0.39 is 0 Å². The van der Waals surface area contributed by atoms with Crippen molar-refractivity contribution in [3.05, 3.63) is 72.9 Å². The third-order valence-corrected chi connectivity index (χ3v) is 3.89. The van der Waals surface area contributed by atoms with Crippen LogP contribution in [-0.2, 0) is 7.05 Å². The van der Waals surface area contributed by atoms with E-state index in [9.17, 15) is 0 Å². The van der Waals surface area contributed by atoms with E-state index in [2.05, 4.69) is 104 Å². The summed E-state index contributed by atoms with van der Waals surface area (Å²) >= 11 is 0. The molecule has 0 aliphatic heterocycles. The summed E-state index contributed by atoms with van der Waals surface area (Å²) in [6, 6.07) is 23.3. The molecule has 0 aliphatic carbocycles. The molecule has 0 bridgehead atoms. The van der Waals surface area contributed by atoms with Crippen molar-refractivity contribution in [3.63, 3.8) is 0 Å². The molecule has 3 aromatic rings. The zero-order chi connectivity index (χ0) is 15.5. The van der Waals surface area contributed by atoms with Gasteiger partial charge in [-0.05, 0) is 17.7 Å². The SMILES string of the molecule is CN(C)c1cc[n+](C)c(-c2ccccc2)c1-c1ccccc1. The average Bonchev–Trinajstić information content (AvgIpc) is 2.56. The summed E-state index contributed by atoms with van der Waals surface area (Å²) in [5.74, 6) is 0. The van der Waals surface area contributed by atoms with Gasteiger partial charge in [0.05, 0.1) is 11.3 Å². The Morgan fingerprint density at radius 3 is 1.82 bits per heavy atom. The Kier molecular flexibility index (Phi) is 3.92. The van der Waals surface area contributed by atoms with Crippen molar-refractivity contribution in [2.45, 2.75) is 0 Å². The minimum atomic E-state index is 1.23. The quantitative estimate of drug-likeness (QED) is 0.663. The number of pyridine rings is 1. The highest BCUT2D eigenvalue weighted by Crippen LogP contribution is 2.36. The maximum Gasteiger partial charge on any atom is 0.222 e. The predicted molar refractivity (Wildman–Crippen MR) is 92.8 cm³/mol. The van der Waals surface area contributed by atoms with Gasteiger partial charge in [0, 0.05) is 25.7 Å². The minimum Gasteiger partial charge on any atom is -0.377 e. The van der Waals surface area contributed by atoms with Gasteiger partial charge in [0.2, 0.25) is 5.69 Å². The summed E-state index contributed by atoms with van der Waals surface area (Å²) in [5.41, 5.74) is 6.19. The third kappa shape index (κ3) is 2.60. The van der Waals surface area contributed by atoms with E-state index in [1.165, 1.54) is 28.1 Å². The number of hydrogen-bond acceptors (Lipinski definition) is 1. The molecule has 3 rings (SSSR count). The first-order valence-corrected chi connectivity index (χ1v) is 7.49. The van der Waals surface area contributed by atoms with Crippen molar-refractivity contribution >= 4 is 5.69 Å². The van der Waals surface area contributed by atoms with Crippen LogP contribution in [0.3, 0.4) is 0 Å². The first-order chi connectivity index (χ1) is 10.7. The molecular formula is C20H21N2+. The van der Waals surface area contributed by atoms with Gasteiger partial charge < -0.3 is 4.90 Å². The largest absolute Gasteiger partial charge is 0.377 e. The van der Waals surface area contributed by atoms with Crippen LogP contribution < -0.4 is 9.47 Å². The second-order valence-electron chi connectivity index (χ2n) is 5.66. The number of aryl methyl sites for hydroxylation is 1. The van der Waals surface area contributed by atoms with Crippen LogP contribution >= 0.6 is 0 Å². The number of rotatable bonds is 3. The Bertz CT molecular complexity index is 762. The van der Waals surface area contributed by atoms with Gasteiger partial charge in [0.25, 0.3) is 0 Å². The van der Waals surface area contributed by atoms with Gasteiger partial charge in [-0.15, -0.1) is 0 Å². The van der Waals surface area contributed by atoms with Crippen molar-refractivity contribution in [2.24, 2.45) is 7.05 Å². The van der Waals surface area contributed by atoms with Gasteiger partial charge in [-0.25, -0.2) is 4.57 Å². The average molecular weight is 289 g/mol. The van der Waals surface area contributed by atoms with Gasteiger partial charge in [0.15, 0.2) is 6.20 Å². The van der Waals surface area contributed by atoms with E-state index in [0.29, 0.717) is 0 Å². The molecule has 0 aliphatic rings. The molecule has 2 aromatic carbocycles. The standard InChI is InChI=1S/C20H21N2/c1-21(2)18-14-15-22(3)20(17-12-8-5-9-13-17)19(18)16-10-6-4-7-11-16/h4-15H,1-3H3/q+1. The highest BCUT2D eigenvalue weighted by atomic mass is 15.1. The van der Waals surface area contributed by atoms with Gasteiger partial charge in [-0.2, -0.15) is 0 Å². The number of anilines is 1. The van der Waals surface area contributed by atoms with Crippen molar-refractivity contribution in [2.75, 3.05) is 19.0 Å². The van der Waals surface area contributed by atoms with Crippen molar-refractivity contribution in [1.82, 2.24) is 0 Å². The smallest absolute Gasteiger partial charge is 0.222 e. The second-order valence-corrected chi connectivity index (χ2v) is 5.66. The Morgan fingerprint density at radius 2 is 1.27 bits per heavy atom. The monoisotopic (exact) mass is 289 g/mol. The van der Waals surface area contributed by atoms with Crippen LogP contribution in [0.4, 0.5) is 5.69 Å². The fourth-order valence-electron chi connectivity index (χ4n) is 2.84. The molecule has 0 saturated carbocycles. The lowest BCUT2D eigenvalue weighted by Gasteiger charge is -2.19. The molecule has 1 heterocycles. The van der Waals surface area contributed by atoms with Crippen LogP contribution in [0, 0.1) is 0 Å². The lowest BCUT2D eigenvalue weighted by atomic mass is 9.97. The fraction of sp³-hybridized carbons (Fsp3) is 0.150. The summed E-state index contributed by atoms with van der Waals surface area (Å²) in [7, 11) is 6.29. The molecule has 0 fully saturated rings. The van der Waals surface area contributed by atoms with Crippen LogP contribution in [0.5, 0.6) is 0 Å². The second kappa shape index (κ2) is 6.02. The molecule has 0 atom stereocenters. The Hall–Kier alpha value is -2.61. The fourth-order valence-corrected chi connectivity index (χ4v) is 2.84. The summed E-state index contributed by atoms with van der Waals surface area (Å²) in [6.45, 7) is 0. The third-order valence-electron chi connectivity index (χ3n) is 3.89. The van der Waals surface area contributed by atoms with Crippen molar-refractivity contribution in [1.29, 1.82) is 0 Å². The number of hydrogen-bond donors (Lipinski definition) is 0. The van der Waals surface area contributed by atoms with Crippen molar-refractivity contribution in [3.8, 4) is 22.4 Å². The van der Waals surface area contributed by atoms with E-state index in [4.69, 9.17) is 0 Å². The highest BCUT2D eigenvalue weighted by molar-refractivity contribution is 5.88. The zero-order valence-corrected chi connectivity index (χ0v) is 13.3. The highest BCUT2D eigenvalue weighted by Gasteiger charge is 2.22. The Labute approximate surface area is 132 Å². The molecule has 22 heavy (non-hydrogen) atoms. The van der Waals surface area contributed by atoms with Crippen LogP contribution in [0.2, 0.25) is 0 Å². The zero-order valence-electron chi connectivity index (χ0n) is 13.3. The van der Waals surface area contributed by atoms with Gasteiger partial charge in [-0.3, -0.25) is 0 Å². The lowest BCUT2D eigenvalue weighted by molar-refractivity contribution is -0.659. The van der Waals surface area contributed by atoms with E-state index >= 15 is 0 Å². The van der Waals surface area contributed by atoms with Gasteiger partial charge in [-0.1, -0.05) is 48.5 Å². The summed E-state index contributed by atoms with van der Waals surface area (Å²) in [6.07, 6.45) is 2.13. The van der Waals surface area contributed by atoms with Crippen LogP contribution in [0.25, 0.3) is 22.4 Å². The molecule has 0 spiro atoms. The van der Waals surface area contributed by atoms with E-state index in [1.54, 1.807) is 0 Å². The first-order valence-electron chi connectivity index (χ1n) is 7.49. The Morgan fingerprint density at radius 1 is 0.727 bits per heavy atom. The van der Waals surface area contributed by atoms with E-state index in [1.807, 2.05) is 0 Å².